The van der Waals surface area contributed by atoms with Gasteiger partial charge in [0.15, 0.2) is 6.04 Å². The second kappa shape index (κ2) is 6.14. The molecular weight excluding hydrogens is 317 g/mol. The molecule has 6 heteroatoms. The number of amides is 1. The quantitative estimate of drug-likeness (QED) is 0.922. The van der Waals surface area contributed by atoms with Crippen LogP contribution in [0.1, 0.15) is 32.4 Å². The average Bonchev–Trinajstić information content (AvgIpc) is 2.25. The van der Waals surface area contributed by atoms with Crippen LogP contribution in [0.3, 0.4) is 0 Å². The zero-order valence-corrected chi connectivity index (χ0v) is 12.4. The minimum Gasteiger partial charge on any atom is -0.479 e. The van der Waals surface area contributed by atoms with Gasteiger partial charge in [-0.2, -0.15) is 0 Å². The molecule has 0 aliphatic rings. The molecule has 1 atom stereocenters. The first-order valence-corrected chi connectivity index (χ1v) is 6.51. The molecule has 0 spiro atoms. The Morgan fingerprint density at radius 2 is 1.95 bits per heavy atom. The molecule has 0 fully saturated rings. The average molecular weight is 332 g/mol. The smallest absolute Gasteiger partial charge is 0.331 e. The highest BCUT2D eigenvalue weighted by Crippen LogP contribution is 2.30. The van der Waals surface area contributed by atoms with Crippen molar-refractivity contribution < 1.29 is 19.1 Å². The lowest BCUT2D eigenvalue weighted by atomic mass is 10.0. The van der Waals surface area contributed by atoms with E-state index in [1.165, 1.54) is 30.0 Å². The molecule has 1 amide bonds. The maximum absolute atomic E-state index is 13.1. The van der Waals surface area contributed by atoms with Crippen molar-refractivity contribution in [3.63, 3.8) is 0 Å². The van der Waals surface area contributed by atoms with Crippen molar-refractivity contribution in [2.24, 2.45) is 0 Å². The summed E-state index contributed by atoms with van der Waals surface area (Å²) < 4.78 is 13.4. The van der Waals surface area contributed by atoms with E-state index in [0.29, 0.717) is 10.0 Å². The molecular formula is C13H15BrFNO3. The SMILES string of the molecule is CC(=O)N(C(C)C)C(C(=O)O)c1ccc(F)cc1Br. The maximum Gasteiger partial charge on any atom is 0.331 e. The lowest BCUT2D eigenvalue weighted by molar-refractivity contribution is -0.151. The van der Waals surface area contributed by atoms with E-state index < -0.39 is 17.8 Å². The van der Waals surface area contributed by atoms with Gasteiger partial charge >= 0.3 is 5.97 Å². The monoisotopic (exact) mass is 331 g/mol. The van der Waals surface area contributed by atoms with Crippen LogP contribution in [-0.2, 0) is 9.59 Å². The van der Waals surface area contributed by atoms with Crippen molar-refractivity contribution in [2.75, 3.05) is 0 Å². The topological polar surface area (TPSA) is 57.6 Å². The fraction of sp³-hybridized carbons (Fsp3) is 0.385. The summed E-state index contributed by atoms with van der Waals surface area (Å²) >= 11 is 3.14. The first-order chi connectivity index (χ1) is 8.75. The van der Waals surface area contributed by atoms with E-state index in [0.717, 1.165) is 0 Å². The van der Waals surface area contributed by atoms with Crippen molar-refractivity contribution >= 4 is 27.8 Å². The van der Waals surface area contributed by atoms with Crippen molar-refractivity contribution in [3.8, 4) is 0 Å². The first kappa shape index (κ1) is 15.6. The molecule has 1 unspecified atom stereocenters. The number of benzene rings is 1. The van der Waals surface area contributed by atoms with Crippen LogP contribution in [-0.4, -0.2) is 27.9 Å². The summed E-state index contributed by atoms with van der Waals surface area (Å²) in [7, 11) is 0. The molecule has 1 aromatic rings. The van der Waals surface area contributed by atoms with E-state index in [9.17, 15) is 19.1 Å². The Labute approximate surface area is 119 Å². The first-order valence-electron chi connectivity index (χ1n) is 5.72. The van der Waals surface area contributed by atoms with Crippen molar-refractivity contribution in [1.82, 2.24) is 4.90 Å². The van der Waals surface area contributed by atoms with Crippen molar-refractivity contribution in [1.29, 1.82) is 0 Å². The minimum absolute atomic E-state index is 0.282. The zero-order chi connectivity index (χ0) is 14.7. The number of hydrogen-bond acceptors (Lipinski definition) is 2. The number of nitrogens with zero attached hydrogens (tertiary/aromatic N) is 1. The largest absolute Gasteiger partial charge is 0.479 e. The van der Waals surface area contributed by atoms with E-state index in [1.807, 2.05) is 0 Å². The van der Waals surface area contributed by atoms with E-state index in [2.05, 4.69) is 15.9 Å². The van der Waals surface area contributed by atoms with E-state index in [4.69, 9.17) is 0 Å². The van der Waals surface area contributed by atoms with Gasteiger partial charge < -0.3 is 10.0 Å². The third kappa shape index (κ3) is 3.53. The molecule has 0 radical (unpaired) electrons. The number of halogens is 2. The molecule has 104 valence electrons. The number of carboxylic acid groups (broad SMARTS) is 1. The fourth-order valence-corrected chi connectivity index (χ4v) is 2.54. The van der Waals surface area contributed by atoms with E-state index >= 15 is 0 Å². The van der Waals surface area contributed by atoms with Crippen LogP contribution < -0.4 is 0 Å². The van der Waals surface area contributed by atoms with Gasteiger partial charge in [0, 0.05) is 23.0 Å². The highest BCUT2D eigenvalue weighted by Gasteiger charge is 2.32. The molecule has 0 saturated heterocycles. The van der Waals surface area contributed by atoms with E-state index in [1.54, 1.807) is 13.8 Å². The number of hydrogen-bond donors (Lipinski definition) is 1. The molecule has 1 rings (SSSR count). The van der Waals surface area contributed by atoms with Crippen LogP contribution >= 0.6 is 15.9 Å². The summed E-state index contributed by atoms with van der Waals surface area (Å²) in [5.41, 5.74) is 0.345. The Hall–Kier alpha value is -1.43. The molecule has 1 aromatic carbocycles. The molecule has 1 N–H and O–H groups in total. The van der Waals surface area contributed by atoms with Gasteiger partial charge in [0.05, 0.1) is 0 Å². The summed E-state index contributed by atoms with van der Waals surface area (Å²) in [6.45, 7) is 4.77. The van der Waals surface area contributed by atoms with Crippen LogP contribution in [0.25, 0.3) is 0 Å². The number of aliphatic carboxylic acids is 1. The number of carboxylic acids is 1. The molecule has 0 heterocycles. The Morgan fingerprint density at radius 1 is 1.37 bits per heavy atom. The van der Waals surface area contributed by atoms with Gasteiger partial charge in [-0.3, -0.25) is 4.79 Å². The second-order valence-corrected chi connectivity index (χ2v) is 5.28. The van der Waals surface area contributed by atoms with Crippen molar-refractivity contribution in [3.05, 3.63) is 34.1 Å². The molecule has 4 nitrogen and oxygen atoms in total. The molecule has 0 aliphatic heterocycles. The number of carbonyl (C=O) groups is 2. The molecule has 0 aliphatic carbocycles. The molecule has 0 aromatic heterocycles. The van der Waals surface area contributed by atoms with Gasteiger partial charge in [-0.15, -0.1) is 0 Å². The Morgan fingerprint density at radius 3 is 2.32 bits per heavy atom. The molecule has 0 bridgehead atoms. The summed E-state index contributed by atoms with van der Waals surface area (Å²) in [5.74, 6) is -1.98. The van der Waals surface area contributed by atoms with Gasteiger partial charge in [0.2, 0.25) is 5.91 Å². The molecule has 19 heavy (non-hydrogen) atoms. The van der Waals surface area contributed by atoms with Crippen LogP contribution in [0.2, 0.25) is 0 Å². The van der Waals surface area contributed by atoms with Gasteiger partial charge in [-0.25, -0.2) is 9.18 Å². The predicted octanol–water partition coefficient (Wildman–Crippen LogP) is 2.97. The Bertz CT molecular complexity index is 505. The third-order valence-electron chi connectivity index (χ3n) is 2.69. The van der Waals surface area contributed by atoms with Crippen LogP contribution in [0.4, 0.5) is 4.39 Å². The van der Waals surface area contributed by atoms with Gasteiger partial charge in [0.25, 0.3) is 0 Å². The lowest BCUT2D eigenvalue weighted by Gasteiger charge is -2.32. The minimum atomic E-state index is -1.16. The lowest BCUT2D eigenvalue weighted by Crippen LogP contribution is -2.42. The standard InChI is InChI=1S/C13H15BrFNO3/c1-7(2)16(8(3)17)12(13(18)19)10-5-4-9(15)6-11(10)14/h4-7,12H,1-3H3,(H,18,19). The fourth-order valence-electron chi connectivity index (χ4n) is 1.97. The summed E-state index contributed by atoms with van der Waals surface area (Å²) in [6, 6.07) is 2.30. The third-order valence-corrected chi connectivity index (χ3v) is 3.38. The van der Waals surface area contributed by atoms with Crippen LogP contribution in [0.5, 0.6) is 0 Å². The molecule has 0 saturated carbocycles. The Balaban J connectivity index is 3.34. The number of rotatable bonds is 4. The van der Waals surface area contributed by atoms with Crippen molar-refractivity contribution in [2.45, 2.75) is 32.9 Å². The number of carbonyl (C=O) groups excluding carboxylic acids is 1. The highest BCUT2D eigenvalue weighted by molar-refractivity contribution is 9.10. The zero-order valence-electron chi connectivity index (χ0n) is 10.9. The van der Waals surface area contributed by atoms with Crippen LogP contribution in [0.15, 0.2) is 22.7 Å². The van der Waals surface area contributed by atoms with Gasteiger partial charge in [-0.05, 0) is 26.0 Å². The summed E-state index contributed by atoms with van der Waals surface area (Å²) in [6.07, 6.45) is 0. The normalized spacial score (nSPS) is 12.3. The van der Waals surface area contributed by atoms with Gasteiger partial charge in [0.1, 0.15) is 5.82 Å². The maximum atomic E-state index is 13.1. The predicted molar refractivity (Wildman–Crippen MR) is 72.1 cm³/mol. The summed E-state index contributed by atoms with van der Waals surface area (Å²) in [4.78, 5) is 24.4. The Kier molecular flexibility index (Phi) is 5.05. The summed E-state index contributed by atoms with van der Waals surface area (Å²) in [5, 5.41) is 9.38. The second-order valence-electron chi connectivity index (χ2n) is 4.43. The van der Waals surface area contributed by atoms with Crippen LogP contribution in [0, 0.1) is 5.82 Å². The van der Waals surface area contributed by atoms with E-state index in [-0.39, 0.29) is 11.9 Å². The highest BCUT2D eigenvalue weighted by atomic mass is 79.9. The van der Waals surface area contributed by atoms with Gasteiger partial charge in [-0.1, -0.05) is 22.0 Å².